The lowest BCUT2D eigenvalue weighted by Gasteiger charge is -2.20. The van der Waals surface area contributed by atoms with Crippen molar-refractivity contribution in [1.29, 1.82) is 0 Å². The maximum Gasteiger partial charge on any atom is 0.0483 e. The van der Waals surface area contributed by atoms with Crippen molar-refractivity contribution in [3.8, 4) is 0 Å². The van der Waals surface area contributed by atoms with Crippen LogP contribution in [0.5, 0.6) is 0 Å². The highest BCUT2D eigenvalue weighted by Crippen LogP contribution is 2.24. The van der Waals surface area contributed by atoms with E-state index in [4.69, 9.17) is 0 Å². The molecule has 0 spiro atoms. The Morgan fingerprint density at radius 1 is 1.25 bits per heavy atom. The van der Waals surface area contributed by atoms with Gasteiger partial charge in [-0.25, -0.2) is 0 Å². The van der Waals surface area contributed by atoms with Crippen LogP contribution >= 0.6 is 0 Å². The second-order valence-electron chi connectivity index (χ2n) is 6.06. The molecule has 3 heteroatoms. The summed E-state index contributed by atoms with van der Waals surface area (Å²) < 4.78 is 2.33. The molecule has 20 heavy (non-hydrogen) atoms. The summed E-state index contributed by atoms with van der Waals surface area (Å²) in [5, 5.41) is 5.03. The molecular weight excluding hydrogens is 246 g/mol. The van der Waals surface area contributed by atoms with E-state index in [9.17, 15) is 0 Å². The number of fused-ring (bicyclic) bond motifs is 1. The summed E-state index contributed by atoms with van der Waals surface area (Å²) >= 11 is 0. The standard InChI is InChI=1S/C17H25N3/c1-13-15-8-4-5-9-16(15)20(3)17(13)12-18-11-14-7-6-10-19(14)2/h4-5,8-9,14,18H,6-7,10-12H2,1-3H3. The van der Waals surface area contributed by atoms with Crippen molar-refractivity contribution in [1.82, 2.24) is 14.8 Å². The number of likely N-dealkylation sites (tertiary alicyclic amines) is 1. The molecule has 0 aliphatic carbocycles. The first kappa shape index (κ1) is 13.7. The van der Waals surface area contributed by atoms with E-state index in [0.717, 1.165) is 13.1 Å². The van der Waals surface area contributed by atoms with Crippen LogP contribution in [0.4, 0.5) is 0 Å². The smallest absolute Gasteiger partial charge is 0.0483 e. The van der Waals surface area contributed by atoms with Crippen molar-refractivity contribution in [3.05, 3.63) is 35.5 Å². The van der Waals surface area contributed by atoms with Gasteiger partial charge in [-0.05, 0) is 45.0 Å². The third-order valence-electron chi connectivity index (χ3n) is 4.85. The number of hydrogen-bond acceptors (Lipinski definition) is 2. The Labute approximate surface area is 121 Å². The van der Waals surface area contributed by atoms with Crippen molar-refractivity contribution >= 4 is 10.9 Å². The number of nitrogens with one attached hydrogen (secondary N) is 1. The summed E-state index contributed by atoms with van der Waals surface area (Å²) in [6.07, 6.45) is 2.67. The van der Waals surface area contributed by atoms with Gasteiger partial charge in [-0.2, -0.15) is 0 Å². The third-order valence-corrected chi connectivity index (χ3v) is 4.85. The molecule has 0 radical (unpaired) electrons. The second kappa shape index (κ2) is 5.58. The normalized spacial score (nSPS) is 20.1. The van der Waals surface area contributed by atoms with Crippen LogP contribution in [0, 0.1) is 6.92 Å². The Morgan fingerprint density at radius 3 is 2.75 bits per heavy atom. The first-order valence-corrected chi connectivity index (χ1v) is 7.62. The fraction of sp³-hybridized carbons (Fsp3) is 0.529. The molecule has 1 aliphatic rings. The first-order valence-electron chi connectivity index (χ1n) is 7.62. The Morgan fingerprint density at radius 2 is 2.05 bits per heavy atom. The number of aromatic nitrogens is 1. The van der Waals surface area contributed by atoms with Crippen LogP contribution in [0.1, 0.15) is 24.1 Å². The van der Waals surface area contributed by atoms with E-state index >= 15 is 0 Å². The Bertz CT molecular complexity index is 561. The summed E-state index contributed by atoms with van der Waals surface area (Å²) in [5.74, 6) is 0. The summed E-state index contributed by atoms with van der Waals surface area (Å²) in [7, 11) is 4.41. The Balaban J connectivity index is 1.71. The lowest BCUT2D eigenvalue weighted by molar-refractivity contribution is 0.299. The molecule has 1 aliphatic heterocycles. The van der Waals surface area contributed by atoms with Gasteiger partial charge in [-0.15, -0.1) is 0 Å². The van der Waals surface area contributed by atoms with E-state index in [1.165, 1.54) is 41.5 Å². The van der Waals surface area contributed by atoms with Gasteiger partial charge in [0.15, 0.2) is 0 Å². The maximum atomic E-state index is 3.65. The van der Waals surface area contributed by atoms with Crippen molar-refractivity contribution in [2.24, 2.45) is 7.05 Å². The van der Waals surface area contributed by atoms with Crippen LogP contribution in [-0.4, -0.2) is 35.6 Å². The first-order chi connectivity index (χ1) is 9.68. The average Bonchev–Trinajstić information content (AvgIpc) is 2.97. The van der Waals surface area contributed by atoms with E-state index in [1.807, 2.05) is 0 Å². The molecule has 2 aromatic rings. The molecule has 1 saturated heterocycles. The van der Waals surface area contributed by atoms with Crippen molar-refractivity contribution in [2.75, 3.05) is 20.1 Å². The number of rotatable bonds is 4. The van der Waals surface area contributed by atoms with E-state index in [2.05, 4.69) is 60.1 Å². The van der Waals surface area contributed by atoms with Crippen molar-refractivity contribution < 1.29 is 0 Å². The minimum Gasteiger partial charge on any atom is -0.346 e. The van der Waals surface area contributed by atoms with Gasteiger partial charge in [0.25, 0.3) is 0 Å². The van der Waals surface area contributed by atoms with Gasteiger partial charge in [-0.3, -0.25) is 0 Å². The van der Waals surface area contributed by atoms with Crippen LogP contribution in [0.25, 0.3) is 10.9 Å². The summed E-state index contributed by atoms with van der Waals surface area (Å²) in [5.41, 5.74) is 4.15. The molecule has 2 heterocycles. The predicted molar refractivity (Wildman–Crippen MR) is 85.0 cm³/mol. The zero-order valence-electron chi connectivity index (χ0n) is 12.8. The number of benzene rings is 1. The van der Waals surface area contributed by atoms with Crippen LogP contribution in [-0.2, 0) is 13.6 Å². The molecule has 1 fully saturated rings. The fourth-order valence-corrected chi connectivity index (χ4v) is 3.48. The second-order valence-corrected chi connectivity index (χ2v) is 6.06. The summed E-state index contributed by atoms with van der Waals surface area (Å²) in [6, 6.07) is 9.38. The third kappa shape index (κ3) is 2.36. The summed E-state index contributed by atoms with van der Waals surface area (Å²) in [6.45, 7) is 5.54. The molecule has 1 unspecified atom stereocenters. The number of likely N-dealkylation sites (N-methyl/N-ethyl adjacent to an activating group) is 1. The van der Waals surface area contributed by atoms with Gasteiger partial charge >= 0.3 is 0 Å². The fourth-order valence-electron chi connectivity index (χ4n) is 3.48. The number of hydrogen-bond donors (Lipinski definition) is 1. The molecule has 0 saturated carbocycles. The number of aryl methyl sites for hydroxylation is 2. The molecule has 3 nitrogen and oxygen atoms in total. The van der Waals surface area contributed by atoms with Gasteiger partial charge in [0.1, 0.15) is 0 Å². The van der Waals surface area contributed by atoms with Gasteiger partial charge in [-0.1, -0.05) is 18.2 Å². The predicted octanol–water partition coefficient (Wildman–Crippen LogP) is 2.67. The van der Waals surface area contributed by atoms with Crippen LogP contribution in [0.3, 0.4) is 0 Å². The topological polar surface area (TPSA) is 20.2 Å². The van der Waals surface area contributed by atoms with E-state index in [-0.39, 0.29) is 0 Å². The summed E-state index contributed by atoms with van der Waals surface area (Å²) in [4.78, 5) is 2.47. The molecular formula is C17H25N3. The molecule has 1 aromatic heterocycles. The zero-order chi connectivity index (χ0) is 14.1. The highest BCUT2D eigenvalue weighted by Gasteiger charge is 2.20. The minimum absolute atomic E-state index is 0.713. The molecule has 1 N–H and O–H groups in total. The van der Waals surface area contributed by atoms with Crippen LogP contribution < -0.4 is 5.32 Å². The zero-order valence-corrected chi connectivity index (χ0v) is 12.8. The molecule has 1 aromatic carbocycles. The molecule has 3 rings (SSSR count). The maximum absolute atomic E-state index is 3.65. The molecule has 1 atom stereocenters. The van der Waals surface area contributed by atoms with Crippen molar-refractivity contribution in [3.63, 3.8) is 0 Å². The monoisotopic (exact) mass is 271 g/mol. The highest BCUT2D eigenvalue weighted by atomic mass is 15.2. The largest absolute Gasteiger partial charge is 0.346 e. The average molecular weight is 271 g/mol. The Kier molecular flexibility index (Phi) is 3.81. The van der Waals surface area contributed by atoms with Gasteiger partial charge in [0, 0.05) is 42.8 Å². The van der Waals surface area contributed by atoms with Crippen LogP contribution in [0.15, 0.2) is 24.3 Å². The quantitative estimate of drug-likeness (QED) is 0.922. The van der Waals surface area contributed by atoms with E-state index < -0.39 is 0 Å². The number of nitrogens with zero attached hydrogens (tertiary/aromatic N) is 2. The number of para-hydroxylation sites is 1. The van der Waals surface area contributed by atoms with Gasteiger partial charge < -0.3 is 14.8 Å². The van der Waals surface area contributed by atoms with Crippen molar-refractivity contribution in [2.45, 2.75) is 32.4 Å². The lowest BCUT2D eigenvalue weighted by Crippen LogP contribution is -2.35. The van der Waals surface area contributed by atoms with E-state index in [0.29, 0.717) is 6.04 Å². The van der Waals surface area contributed by atoms with Crippen LogP contribution in [0.2, 0.25) is 0 Å². The van der Waals surface area contributed by atoms with E-state index in [1.54, 1.807) is 0 Å². The lowest BCUT2D eigenvalue weighted by atomic mass is 10.1. The molecule has 0 amide bonds. The molecule has 108 valence electrons. The Hall–Kier alpha value is -1.32. The van der Waals surface area contributed by atoms with Gasteiger partial charge in [0.05, 0.1) is 0 Å². The SMILES string of the molecule is Cc1c(CNCC2CCCN2C)n(C)c2ccccc12. The highest BCUT2D eigenvalue weighted by molar-refractivity contribution is 5.85. The minimum atomic E-state index is 0.713. The molecule has 0 bridgehead atoms. The van der Waals surface area contributed by atoms with Gasteiger partial charge in [0.2, 0.25) is 0 Å².